The second-order valence-corrected chi connectivity index (χ2v) is 6.98. The number of hydrogen-bond acceptors (Lipinski definition) is 3. The summed E-state index contributed by atoms with van der Waals surface area (Å²) in [6.07, 6.45) is 4.62. The van der Waals surface area contributed by atoms with E-state index in [1.165, 1.54) is 0 Å². The maximum absolute atomic E-state index is 12.3. The van der Waals surface area contributed by atoms with E-state index in [0.29, 0.717) is 5.57 Å². The quantitative estimate of drug-likeness (QED) is 0.621. The van der Waals surface area contributed by atoms with Gasteiger partial charge in [0.2, 0.25) is 0 Å². The molecule has 5 heteroatoms. The van der Waals surface area contributed by atoms with E-state index >= 15 is 0 Å². The molecule has 0 heterocycles. The van der Waals surface area contributed by atoms with Crippen molar-refractivity contribution in [3.63, 3.8) is 0 Å². The molecule has 140 valence electrons. The molecule has 28 heavy (non-hydrogen) atoms. The van der Waals surface area contributed by atoms with Crippen LogP contribution < -0.4 is 5.32 Å². The molecule has 0 bridgehead atoms. The van der Waals surface area contributed by atoms with E-state index in [4.69, 9.17) is 11.2 Å². The summed E-state index contributed by atoms with van der Waals surface area (Å²) in [6.45, 7) is 1.90. The van der Waals surface area contributed by atoms with Gasteiger partial charge in [0, 0.05) is 5.92 Å². The average Bonchev–Trinajstić information content (AvgIpc) is 3.23. The standard InChI is InChI=1S/C23H19NO4/c1-3-14-13(2)20(14)21(22(25)26)24-23(27)28-12-19-17-10-6-4-8-15(17)16-9-5-7-11-18(16)19/h1,4-11,14,19,21H,12H2,2H3,(H,24,27)(H,25,26)/t14?,21-/m1/s1. The van der Waals surface area contributed by atoms with Crippen LogP contribution in [0.4, 0.5) is 4.79 Å². The number of benzene rings is 2. The lowest BCUT2D eigenvalue weighted by Crippen LogP contribution is -2.41. The molecule has 1 unspecified atom stereocenters. The van der Waals surface area contributed by atoms with Gasteiger partial charge in [-0.2, -0.15) is 0 Å². The van der Waals surface area contributed by atoms with Crippen LogP contribution in [0.15, 0.2) is 59.7 Å². The molecule has 2 N–H and O–H groups in total. The summed E-state index contributed by atoms with van der Waals surface area (Å²) in [4.78, 5) is 23.8. The Labute approximate surface area is 163 Å². The molecule has 0 fully saturated rings. The molecule has 2 aromatic carbocycles. The molecule has 0 spiro atoms. The molecule has 1 amide bonds. The lowest BCUT2D eigenvalue weighted by Gasteiger charge is -2.16. The Kier molecular flexibility index (Phi) is 4.40. The van der Waals surface area contributed by atoms with Crippen molar-refractivity contribution in [2.24, 2.45) is 5.92 Å². The summed E-state index contributed by atoms with van der Waals surface area (Å²) in [6, 6.07) is 14.9. The fraction of sp³-hybridized carbons (Fsp3) is 0.217. The topological polar surface area (TPSA) is 75.6 Å². The zero-order chi connectivity index (χ0) is 19.8. The van der Waals surface area contributed by atoms with E-state index in [9.17, 15) is 14.7 Å². The summed E-state index contributed by atoms with van der Waals surface area (Å²) in [7, 11) is 0. The van der Waals surface area contributed by atoms with Crippen molar-refractivity contribution < 1.29 is 19.4 Å². The maximum atomic E-state index is 12.3. The summed E-state index contributed by atoms with van der Waals surface area (Å²) < 4.78 is 5.41. The monoisotopic (exact) mass is 373 g/mol. The molecular formula is C23H19NO4. The van der Waals surface area contributed by atoms with E-state index in [2.05, 4.69) is 23.4 Å². The number of amides is 1. The Morgan fingerprint density at radius 3 is 2.21 bits per heavy atom. The molecule has 2 aliphatic rings. The van der Waals surface area contributed by atoms with Crippen LogP contribution in [0.3, 0.4) is 0 Å². The minimum absolute atomic E-state index is 0.0817. The number of carbonyl (C=O) groups excluding carboxylic acids is 1. The summed E-state index contributed by atoms with van der Waals surface area (Å²) in [5, 5.41) is 11.9. The second kappa shape index (κ2) is 6.90. The maximum Gasteiger partial charge on any atom is 0.408 e. The number of nitrogens with one attached hydrogen (secondary N) is 1. The number of allylic oxidation sites excluding steroid dienone is 1. The third kappa shape index (κ3) is 2.93. The lowest BCUT2D eigenvalue weighted by atomic mass is 9.98. The fourth-order valence-corrected chi connectivity index (χ4v) is 3.99. The molecule has 0 saturated carbocycles. The number of rotatable bonds is 5. The van der Waals surface area contributed by atoms with Crippen molar-refractivity contribution in [2.75, 3.05) is 6.61 Å². The highest BCUT2D eigenvalue weighted by Gasteiger charge is 2.41. The smallest absolute Gasteiger partial charge is 0.408 e. The first kappa shape index (κ1) is 17.9. The van der Waals surface area contributed by atoms with Gasteiger partial charge < -0.3 is 15.2 Å². The fourth-order valence-electron chi connectivity index (χ4n) is 3.99. The van der Waals surface area contributed by atoms with Crippen LogP contribution in [0.25, 0.3) is 11.1 Å². The average molecular weight is 373 g/mol. The van der Waals surface area contributed by atoms with Gasteiger partial charge >= 0.3 is 12.1 Å². The Morgan fingerprint density at radius 1 is 1.14 bits per heavy atom. The van der Waals surface area contributed by atoms with Crippen molar-refractivity contribution >= 4 is 12.1 Å². The van der Waals surface area contributed by atoms with E-state index in [1.54, 1.807) is 6.92 Å². The predicted octanol–water partition coefficient (Wildman–Crippen LogP) is 3.56. The van der Waals surface area contributed by atoms with Crippen LogP contribution >= 0.6 is 0 Å². The molecule has 5 nitrogen and oxygen atoms in total. The number of ether oxygens (including phenoxy) is 1. The van der Waals surface area contributed by atoms with Crippen molar-refractivity contribution in [1.29, 1.82) is 0 Å². The highest BCUT2D eigenvalue weighted by Crippen LogP contribution is 2.44. The Hall–Kier alpha value is -3.52. The molecule has 2 aliphatic carbocycles. The highest BCUT2D eigenvalue weighted by atomic mass is 16.5. The van der Waals surface area contributed by atoms with E-state index < -0.39 is 18.1 Å². The van der Waals surface area contributed by atoms with E-state index in [-0.39, 0.29) is 18.4 Å². The first-order chi connectivity index (χ1) is 13.5. The van der Waals surface area contributed by atoms with Crippen LogP contribution in [0.5, 0.6) is 0 Å². The first-order valence-electron chi connectivity index (χ1n) is 9.04. The van der Waals surface area contributed by atoms with Crippen molar-refractivity contribution in [3.05, 3.63) is 70.8 Å². The van der Waals surface area contributed by atoms with Crippen molar-refractivity contribution in [2.45, 2.75) is 18.9 Å². The second-order valence-electron chi connectivity index (χ2n) is 6.98. The SMILES string of the molecule is C#CC1C(C)=C1[C@@H](NC(=O)OCC1c2ccccc2-c2ccccc21)C(=O)O. The molecule has 0 radical (unpaired) electrons. The summed E-state index contributed by atoms with van der Waals surface area (Å²) >= 11 is 0. The number of carboxylic acids is 1. The molecule has 0 aromatic heterocycles. The third-order valence-electron chi connectivity index (χ3n) is 5.45. The zero-order valence-electron chi connectivity index (χ0n) is 15.3. The van der Waals surface area contributed by atoms with Gasteiger partial charge in [0.1, 0.15) is 6.61 Å². The van der Waals surface area contributed by atoms with Crippen LogP contribution in [0, 0.1) is 18.3 Å². The van der Waals surface area contributed by atoms with Crippen molar-refractivity contribution in [1.82, 2.24) is 5.32 Å². The molecule has 2 atom stereocenters. The lowest BCUT2D eigenvalue weighted by molar-refractivity contribution is -0.138. The van der Waals surface area contributed by atoms with E-state index in [1.807, 2.05) is 36.4 Å². The number of terminal acetylenes is 1. The number of carboxylic acid groups (broad SMARTS) is 1. The van der Waals surface area contributed by atoms with E-state index in [0.717, 1.165) is 27.8 Å². The van der Waals surface area contributed by atoms with Gasteiger partial charge in [-0.15, -0.1) is 6.42 Å². The third-order valence-corrected chi connectivity index (χ3v) is 5.45. The number of hydrogen-bond donors (Lipinski definition) is 2. The number of aliphatic carboxylic acids is 1. The van der Waals surface area contributed by atoms with Crippen LogP contribution in [-0.4, -0.2) is 29.8 Å². The molecule has 2 aromatic rings. The van der Waals surface area contributed by atoms with Gasteiger partial charge in [-0.05, 0) is 34.8 Å². The normalized spacial score (nSPS) is 17.9. The minimum atomic E-state index is -1.16. The minimum Gasteiger partial charge on any atom is -0.479 e. The van der Waals surface area contributed by atoms with Gasteiger partial charge in [0.15, 0.2) is 6.04 Å². The van der Waals surface area contributed by atoms with Gasteiger partial charge in [0.05, 0.1) is 5.92 Å². The predicted molar refractivity (Wildman–Crippen MR) is 105 cm³/mol. The molecular weight excluding hydrogens is 354 g/mol. The molecule has 0 aliphatic heterocycles. The van der Waals surface area contributed by atoms with Crippen molar-refractivity contribution in [3.8, 4) is 23.5 Å². The van der Waals surface area contributed by atoms with Gasteiger partial charge in [-0.1, -0.05) is 60.0 Å². The summed E-state index contributed by atoms with van der Waals surface area (Å²) in [5.41, 5.74) is 5.83. The Bertz CT molecular complexity index is 1000. The van der Waals surface area contributed by atoms with Gasteiger partial charge in [0.25, 0.3) is 0 Å². The van der Waals surface area contributed by atoms with Crippen LogP contribution in [-0.2, 0) is 9.53 Å². The highest BCUT2D eigenvalue weighted by molar-refractivity contribution is 5.86. The molecule has 4 rings (SSSR count). The first-order valence-corrected chi connectivity index (χ1v) is 9.04. The summed E-state index contributed by atoms with van der Waals surface area (Å²) in [5.74, 6) is 0.986. The Balaban J connectivity index is 1.47. The van der Waals surface area contributed by atoms with Crippen LogP contribution in [0.2, 0.25) is 0 Å². The number of alkyl carbamates (subject to hydrolysis) is 1. The van der Waals surface area contributed by atoms with Gasteiger partial charge in [-0.25, -0.2) is 9.59 Å². The number of fused-ring (bicyclic) bond motifs is 3. The number of carbonyl (C=O) groups is 2. The Morgan fingerprint density at radius 2 is 1.71 bits per heavy atom. The molecule has 0 saturated heterocycles. The van der Waals surface area contributed by atoms with Crippen LogP contribution in [0.1, 0.15) is 24.0 Å². The largest absolute Gasteiger partial charge is 0.479 e. The van der Waals surface area contributed by atoms with Gasteiger partial charge in [-0.3, -0.25) is 0 Å². The zero-order valence-corrected chi connectivity index (χ0v) is 15.3.